The number of rotatable bonds is 9. The molecule has 31 heavy (non-hydrogen) atoms. The maximum Gasteiger partial charge on any atom is 0.255 e. The van der Waals surface area contributed by atoms with Crippen molar-refractivity contribution in [2.75, 3.05) is 25.1 Å². The molecule has 0 spiro atoms. The van der Waals surface area contributed by atoms with E-state index in [2.05, 4.69) is 10.4 Å². The van der Waals surface area contributed by atoms with Gasteiger partial charge in [-0.15, -0.1) is 0 Å². The van der Waals surface area contributed by atoms with Crippen LogP contribution in [0.15, 0.2) is 42.5 Å². The first-order valence-corrected chi connectivity index (χ1v) is 10.5. The van der Waals surface area contributed by atoms with Gasteiger partial charge in [-0.3, -0.25) is 4.79 Å². The van der Waals surface area contributed by atoms with E-state index in [0.717, 1.165) is 17.1 Å². The number of aromatic nitrogens is 2. The van der Waals surface area contributed by atoms with Gasteiger partial charge in [0.05, 0.1) is 31.2 Å². The molecule has 0 unspecified atom stereocenters. The minimum atomic E-state index is -0.268. The lowest BCUT2D eigenvalue weighted by molar-refractivity contribution is 0.102. The zero-order chi connectivity index (χ0) is 22.4. The Hall–Kier alpha value is -3.48. The molecule has 3 rings (SSSR count). The predicted octanol–water partition coefficient (Wildman–Crippen LogP) is 4.94. The highest BCUT2D eigenvalue weighted by Crippen LogP contribution is 2.39. The van der Waals surface area contributed by atoms with E-state index in [1.54, 1.807) is 12.1 Å². The molecule has 1 heterocycles. The van der Waals surface area contributed by atoms with Crippen LogP contribution in [0.25, 0.3) is 5.69 Å². The predicted molar refractivity (Wildman–Crippen MR) is 121 cm³/mol. The van der Waals surface area contributed by atoms with Crippen LogP contribution in [0.5, 0.6) is 17.2 Å². The molecule has 0 radical (unpaired) electrons. The molecule has 3 aromatic rings. The lowest BCUT2D eigenvalue weighted by Gasteiger charge is -2.17. The summed E-state index contributed by atoms with van der Waals surface area (Å²) in [6.45, 7) is 11.0. The van der Waals surface area contributed by atoms with Crippen LogP contribution >= 0.6 is 0 Å². The van der Waals surface area contributed by atoms with Crippen molar-refractivity contribution < 1.29 is 19.0 Å². The summed E-state index contributed by atoms with van der Waals surface area (Å²) < 4.78 is 19.0. The summed E-state index contributed by atoms with van der Waals surface area (Å²) in [6.07, 6.45) is 0. The summed E-state index contributed by atoms with van der Waals surface area (Å²) in [5.41, 5.74) is 3.93. The number of hydrogen-bond acceptors (Lipinski definition) is 5. The molecule has 0 atom stereocenters. The van der Waals surface area contributed by atoms with Crippen molar-refractivity contribution in [2.45, 2.75) is 34.6 Å². The van der Waals surface area contributed by atoms with E-state index in [9.17, 15) is 4.79 Å². The first-order valence-electron chi connectivity index (χ1n) is 10.5. The Bertz CT molecular complexity index is 1030. The lowest BCUT2D eigenvalue weighted by Crippen LogP contribution is -2.13. The average molecular weight is 424 g/mol. The second-order valence-electron chi connectivity index (χ2n) is 6.94. The van der Waals surface area contributed by atoms with E-state index in [0.29, 0.717) is 48.3 Å². The van der Waals surface area contributed by atoms with Crippen LogP contribution in [0, 0.1) is 13.8 Å². The van der Waals surface area contributed by atoms with E-state index >= 15 is 0 Å². The molecular weight excluding hydrogens is 394 g/mol. The fraction of sp³-hybridized carbons (Fsp3) is 0.333. The molecule has 0 saturated heterocycles. The number of carbonyl (C=O) groups is 1. The topological polar surface area (TPSA) is 74.6 Å². The highest BCUT2D eigenvalue weighted by atomic mass is 16.5. The van der Waals surface area contributed by atoms with Crippen molar-refractivity contribution >= 4 is 11.6 Å². The van der Waals surface area contributed by atoms with Gasteiger partial charge in [0.2, 0.25) is 5.75 Å². The summed E-state index contributed by atoms with van der Waals surface area (Å²) in [6, 6.07) is 12.9. The van der Waals surface area contributed by atoms with Crippen LogP contribution in [0.1, 0.15) is 42.5 Å². The van der Waals surface area contributed by atoms with Gasteiger partial charge in [-0.2, -0.15) is 5.10 Å². The second-order valence-corrected chi connectivity index (χ2v) is 6.94. The highest BCUT2D eigenvalue weighted by molar-refractivity contribution is 6.05. The summed E-state index contributed by atoms with van der Waals surface area (Å²) in [5, 5.41) is 7.46. The van der Waals surface area contributed by atoms with Gasteiger partial charge in [0.25, 0.3) is 5.91 Å². The van der Waals surface area contributed by atoms with E-state index in [-0.39, 0.29) is 5.91 Å². The standard InChI is InChI=1S/C24H29N3O4/c1-6-29-21-13-18(14-22(30-7-2)23(21)31-8-3)24(28)25-19-10-9-11-20(15-19)27-17(5)12-16(4)26-27/h9-15H,6-8H2,1-5H3,(H,25,28). The van der Waals surface area contributed by atoms with E-state index < -0.39 is 0 Å². The summed E-state index contributed by atoms with van der Waals surface area (Å²) in [7, 11) is 0. The molecule has 1 aromatic heterocycles. The Kier molecular flexibility index (Phi) is 7.18. The maximum atomic E-state index is 13.0. The Labute approximate surface area is 182 Å². The highest BCUT2D eigenvalue weighted by Gasteiger charge is 2.18. The molecule has 1 amide bonds. The number of aryl methyl sites for hydroxylation is 2. The molecule has 7 heteroatoms. The molecule has 164 valence electrons. The summed E-state index contributed by atoms with van der Waals surface area (Å²) >= 11 is 0. The zero-order valence-corrected chi connectivity index (χ0v) is 18.7. The Balaban J connectivity index is 1.91. The molecule has 0 bridgehead atoms. The lowest BCUT2D eigenvalue weighted by atomic mass is 10.1. The van der Waals surface area contributed by atoms with Gasteiger partial charge >= 0.3 is 0 Å². The molecule has 0 aliphatic carbocycles. The van der Waals surface area contributed by atoms with Crippen molar-refractivity contribution in [3.8, 4) is 22.9 Å². The van der Waals surface area contributed by atoms with E-state index in [1.807, 2.05) is 69.6 Å². The minimum absolute atomic E-state index is 0.268. The average Bonchev–Trinajstić information content (AvgIpc) is 3.08. The number of amides is 1. The fourth-order valence-electron chi connectivity index (χ4n) is 3.33. The van der Waals surface area contributed by atoms with Crippen molar-refractivity contribution in [3.05, 3.63) is 59.4 Å². The van der Waals surface area contributed by atoms with Crippen LogP contribution in [0.3, 0.4) is 0 Å². The first-order chi connectivity index (χ1) is 15.0. The SMILES string of the molecule is CCOc1cc(C(=O)Nc2cccc(-n3nc(C)cc3C)c2)cc(OCC)c1OCC. The fourth-order valence-corrected chi connectivity index (χ4v) is 3.33. The Morgan fingerprint density at radius 1 is 0.935 bits per heavy atom. The smallest absolute Gasteiger partial charge is 0.255 e. The van der Waals surface area contributed by atoms with Gasteiger partial charge in [0, 0.05) is 16.9 Å². The zero-order valence-electron chi connectivity index (χ0n) is 18.7. The van der Waals surface area contributed by atoms with Gasteiger partial charge in [-0.05, 0) is 71.0 Å². The molecule has 0 fully saturated rings. The quantitative estimate of drug-likeness (QED) is 0.528. The number of nitrogens with one attached hydrogen (secondary N) is 1. The van der Waals surface area contributed by atoms with Gasteiger partial charge < -0.3 is 19.5 Å². The molecule has 2 aromatic carbocycles. The molecular formula is C24H29N3O4. The molecule has 1 N–H and O–H groups in total. The van der Waals surface area contributed by atoms with Gasteiger partial charge in [-0.1, -0.05) is 6.07 Å². The number of benzene rings is 2. The third-order valence-corrected chi connectivity index (χ3v) is 4.53. The van der Waals surface area contributed by atoms with Crippen molar-refractivity contribution in [2.24, 2.45) is 0 Å². The van der Waals surface area contributed by atoms with Crippen LogP contribution < -0.4 is 19.5 Å². The largest absolute Gasteiger partial charge is 0.490 e. The number of nitrogens with zero attached hydrogens (tertiary/aromatic N) is 2. The van der Waals surface area contributed by atoms with Crippen molar-refractivity contribution in [1.82, 2.24) is 9.78 Å². The van der Waals surface area contributed by atoms with Crippen LogP contribution in [0.4, 0.5) is 5.69 Å². The summed E-state index contributed by atoms with van der Waals surface area (Å²) in [4.78, 5) is 13.0. The number of ether oxygens (including phenoxy) is 3. The normalized spacial score (nSPS) is 10.6. The van der Waals surface area contributed by atoms with E-state index in [1.165, 1.54) is 0 Å². The Morgan fingerprint density at radius 3 is 2.13 bits per heavy atom. The van der Waals surface area contributed by atoms with Crippen LogP contribution in [0.2, 0.25) is 0 Å². The second kappa shape index (κ2) is 10.0. The molecule has 7 nitrogen and oxygen atoms in total. The minimum Gasteiger partial charge on any atom is -0.490 e. The van der Waals surface area contributed by atoms with Gasteiger partial charge in [0.15, 0.2) is 11.5 Å². The first kappa shape index (κ1) is 22.2. The van der Waals surface area contributed by atoms with Crippen LogP contribution in [-0.2, 0) is 0 Å². The molecule has 0 saturated carbocycles. The number of hydrogen-bond donors (Lipinski definition) is 1. The third kappa shape index (κ3) is 5.17. The van der Waals surface area contributed by atoms with Gasteiger partial charge in [0.1, 0.15) is 0 Å². The maximum absolute atomic E-state index is 13.0. The molecule has 0 aliphatic rings. The Morgan fingerprint density at radius 2 is 1.58 bits per heavy atom. The third-order valence-electron chi connectivity index (χ3n) is 4.53. The van der Waals surface area contributed by atoms with Crippen molar-refractivity contribution in [1.29, 1.82) is 0 Å². The summed E-state index contributed by atoms with van der Waals surface area (Å²) in [5.74, 6) is 1.21. The number of anilines is 1. The van der Waals surface area contributed by atoms with E-state index in [4.69, 9.17) is 14.2 Å². The molecule has 0 aliphatic heterocycles. The number of carbonyl (C=O) groups excluding carboxylic acids is 1. The van der Waals surface area contributed by atoms with Crippen LogP contribution in [-0.4, -0.2) is 35.5 Å². The monoisotopic (exact) mass is 423 g/mol. The van der Waals surface area contributed by atoms with Gasteiger partial charge in [-0.25, -0.2) is 4.68 Å². The van der Waals surface area contributed by atoms with Crippen molar-refractivity contribution in [3.63, 3.8) is 0 Å².